The van der Waals surface area contributed by atoms with Gasteiger partial charge in [-0.3, -0.25) is 9.59 Å². The summed E-state index contributed by atoms with van der Waals surface area (Å²) < 4.78 is 1.88. The highest BCUT2D eigenvalue weighted by atomic mass is 35.5. The number of halogens is 1. The van der Waals surface area contributed by atoms with Crippen LogP contribution in [0, 0.1) is 12.8 Å². The van der Waals surface area contributed by atoms with E-state index in [2.05, 4.69) is 27.4 Å². The van der Waals surface area contributed by atoms with Crippen molar-refractivity contribution < 1.29 is 9.59 Å². The minimum absolute atomic E-state index is 0.0628. The molecule has 0 radical (unpaired) electrons. The Morgan fingerprint density at radius 2 is 1.91 bits per heavy atom. The summed E-state index contributed by atoms with van der Waals surface area (Å²) in [4.78, 5) is 25.3. The standard InChI is InChI=1S/C25H28ClN5O2S/c1-5-13-31-23(22(16(2)3)28-24(33)18-9-7-6-8-10-18)29-30-25(31)34-15-21(32)27-19-12-11-17(4)20(26)14-19/h5-12,14,16,22H,1,13,15H2,2-4H3,(H,27,32)(H,28,33). The van der Waals surface area contributed by atoms with Gasteiger partial charge in [0, 0.05) is 22.8 Å². The summed E-state index contributed by atoms with van der Waals surface area (Å²) in [5.74, 6) is 0.458. The highest BCUT2D eigenvalue weighted by molar-refractivity contribution is 7.99. The van der Waals surface area contributed by atoms with Crippen molar-refractivity contribution >= 4 is 40.9 Å². The summed E-state index contributed by atoms with van der Waals surface area (Å²) in [6.45, 7) is 10.2. The second-order valence-corrected chi connectivity index (χ2v) is 9.45. The molecule has 3 aromatic rings. The maximum Gasteiger partial charge on any atom is 0.251 e. The van der Waals surface area contributed by atoms with Gasteiger partial charge in [-0.25, -0.2) is 0 Å². The predicted octanol–water partition coefficient (Wildman–Crippen LogP) is 5.28. The van der Waals surface area contributed by atoms with E-state index in [1.54, 1.807) is 24.3 Å². The summed E-state index contributed by atoms with van der Waals surface area (Å²) in [7, 11) is 0. The molecule has 7 nitrogen and oxygen atoms in total. The van der Waals surface area contributed by atoms with Gasteiger partial charge in [-0.1, -0.05) is 67.6 Å². The first kappa shape index (κ1) is 25.5. The molecule has 3 rings (SSSR count). The number of hydrogen-bond donors (Lipinski definition) is 2. The molecule has 2 N–H and O–H groups in total. The third-order valence-electron chi connectivity index (χ3n) is 5.11. The normalized spacial score (nSPS) is 11.8. The number of anilines is 1. The Hall–Kier alpha value is -3.10. The molecule has 0 aliphatic carbocycles. The molecule has 0 saturated heterocycles. The minimum atomic E-state index is -0.363. The molecule has 1 aromatic heterocycles. The van der Waals surface area contributed by atoms with Crippen molar-refractivity contribution in [2.45, 2.75) is 38.5 Å². The first-order chi connectivity index (χ1) is 16.3. The van der Waals surface area contributed by atoms with Crippen molar-refractivity contribution in [2.24, 2.45) is 5.92 Å². The van der Waals surface area contributed by atoms with Crippen LogP contribution in [0.15, 0.2) is 66.3 Å². The fourth-order valence-electron chi connectivity index (χ4n) is 3.28. The Balaban J connectivity index is 1.74. The number of benzene rings is 2. The number of hydrogen-bond acceptors (Lipinski definition) is 5. The molecule has 9 heteroatoms. The van der Waals surface area contributed by atoms with Crippen LogP contribution in [0.2, 0.25) is 5.02 Å². The lowest BCUT2D eigenvalue weighted by Crippen LogP contribution is -2.33. The van der Waals surface area contributed by atoms with Crippen LogP contribution < -0.4 is 10.6 Å². The zero-order chi connectivity index (χ0) is 24.7. The van der Waals surface area contributed by atoms with Crippen LogP contribution in [-0.2, 0) is 11.3 Å². The van der Waals surface area contributed by atoms with Crippen LogP contribution in [0.1, 0.15) is 41.6 Å². The fraction of sp³-hybridized carbons (Fsp3) is 0.280. The van der Waals surface area contributed by atoms with Crippen LogP contribution in [0.3, 0.4) is 0 Å². The second kappa shape index (κ2) is 11.9. The molecule has 1 heterocycles. The third-order valence-corrected chi connectivity index (χ3v) is 6.49. The van der Waals surface area contributed by atoms with E-state index in [0.29, 0.717) is 33.8 Å². The molecule has 2 amide bonds. The summed E-state index contributed by atoms with van der Waals surface area (Å²) in [6, 6.07) is 14.1. The largest absolute Gasteiger partial charge is 0.342 e. The molecule has 0 spiro atoms. The highest BCUT2D eigenvalue weighted by Gasteiger charge is 2.26. The van der Waals surface area contributed by atoms with Crippen molar-refractivity contribution in [3.8, 4) is 0 Å². The Kier molecular flexibility index (Phi) is 8.90. The molecule has 2 aromatic carbocycles. The molecular weight excluding hydrogens is 470 g/mol. The summed E-state index contributed by atoms with van der Waals surface area (Å²) in [5, 5.41) is 15.8. The van der Waals surface area contributed by atoms with Crippen molar-refractivity contribution in [3.63, 3.8) is 0 Å². The molecule has 1 unspecified atom stereocenters. The zero-order valence-electron chi connectivity index (χ0n) is 19.4. The van der Waals surface area contributed by atoms with Gasteiger partial charge in [0.1, 0.15) is 0 Å². The van der Waals surface area contributed by atoms with Gasteiger partial charge in [0.15, 0.2) is 11.0 Å². The van der Waals surface area contributed by atoms with Gasteiger partial charge in [-0.15, -0.1) is 16.8 Å². The number of carbonyl (C=O) groups excluding carboxylic acids is 2. The molecule has 178 valence electrons. The van der Waals surface area contributed by atoms with Crippen LogP contribution in [-0.4, -0.2) is 32.3 Å². The van der Waals surface area contributed by atoms with Gasteiger partial charge in [-0.2, -0.15) is 0 Å². The molecule has 34 heavy (non-hydrogen) atoms. The Morgan fingerprint density at radius 1 is 1.18 bits per heavy atom. The second-order valence-electron chi connectivity index (χ2n) is 8.10. The molecule has 0 bridgehead atoms. The van der Waals surface area contributed by atoms with E-state index >= 15 is 0 Å². The number of aromatic nitrogens is 3. The fourth-order valence-corrected chi connectivity index (χ4v) is 4.21. The van der Waals surface area contributed by atoms with Gasteiger partial charge in [0.05, 0.1) is 11.8 Å². The molecule has 0 aliphatic rings. The number of allylic oxidation sites excluding steroid dienone is 1. The minimum Gasteiger partial charge on any atom is -0.342 e. The van der Waals surface area contributed by atoms with Gasteiger partial charge < -0.3 is 15.2 Å². The van der Waals surface area contributed by atoms with Crippen molar-refractivity contribution in [3.05, 3.63) is 83.2 Å². The number of nitrogens with one attached hydrogen (secondary N) is 2. The Morgan fingerprint density at radius 3 is 2.56 bits per heavy atom. The molecule has 0 aliphatic heterocycles. The van der Waals surface area contributed by atoms with Crippen molar-refractivity contribution in [1.29, 1.82) is 0 Å². The predicted molar refractivity (Wildman–Crippen MR) is 137 cm³/mol. The van der Waals surface area contributed by atoms with Crippen LogP contribution in [0.5, 0.6) is 0 Å². The number of aryl methyl sites for hydroxylation is 1. The van der Waals surface area contributed by atoms with E-state index in [1.165, 1.54) is 11.8 Å². The lowest BCUT2D eigenvalue weighted by Gasteiger charge is -2.22. The van der Waals surface area contributed by atoms with Crippen molar-refractivity contribution in [2.75, 3.05) is 11.1 Å². The topological polar surface area (TPSA) is 88.9 Å². The van der Waals surface area contributed by atoms with Crippen LogP contribution in [0.25, 0.3) is 0 Å². The SMILES string of the molecule is C=CCn1c(SCC(=O)Nc2ccc(C)c(Cl)c2)nnc1C(NC(=O)c1ccccc1)C(C)C. The maximum atomic E-state index is 12.8. The van der Waals surface area contributed by atoms with E-state index < -0.39 is 0 Å². The van der Waals surface area contributed by atoms with Gasteiger partial charge in [-0.05, 0) is 42.7 Å². The monoisotopic (exact) mass is 497 g/mol. The van der Waals surface area contributed by atoms with Crippen LogP contribution in [0.4, 0.5) is 5.69 Å². The first-order valence-corrected chi connectivity index (χ1v) is 12.2. The average molecular weight is 498 g/mol. The van der Waals surface area contributed by atoms with E-state index in [1.807, 2.05) is 55.7 Å². The van der Waals surface area contributed by atoms with E-state index in [-0.39, 0.29) is 29.5 Å². The third kappa shape index (κ3) is 6.48. The van der Waals surface area contributed by atoms with E-state index in [4.69, 9.17) is 11.6 Å². The maximum absolute atomic E-state index is 12.8. The number of amides is 2. The Bertz CT molecular complexity index is 1160. The summed E-state index contributed by atoms with van der Waals surface area (Å²) in [5.41, 5.74) is 2.15. The molecule has 0 fully saturated rings. The number of nitrogens with zero attached hydrogens (tertiary/aromatic N) is 3. The smallest absolute Gasteiger partial charge is 0.251 e. The highest BCUT2D eigenvalue weighted by Crippen LogP contribution is 2.26. The van der Waals surface area contributed by atoms with Crippen molar-refractivity contribution in [1.82, 2.24) is 20.1 Å². The van der Waals surface area contributed by atoms with E-state index in [0.717, 1.165) is 5.56 Å². The van der Waals surface area contributed by atoms with E-state index in [9.17, 15) is 9.59 Å². The van der Waals surface area contributed by atoms with Gasteiger partial charge >= 0.3 is 0 Å². The van der Waals surface area contributed by atoms with Crippen LogP contribution >= 0.6 is 23.4 Å². The summed E-state index contributed by atoms with van der Waals surface area (Å²) in [6.07, 6.45) is 1.74. The lowest BCUT2D eigenvalue weighted by atomic mass is 10.0. The Labute approximate surface area is 209 Å². The summed E-state index contributed by atoms with van der Waals surface area (Å²) >= 11 is 7.41. The van der Waals surface area contributed by atoms with Gasteiger partial charge in [0.2, 0.25) is 5.91 Å². The molecule has 1 atom stereocenters. The average Bonchev–Trinajstić information content (AvgIpc) is 3.21. The first-order valence-electron chi connectivity index (χ1n) is 10.9. The molecule has 0 saturated carbocycles. The number of rotatable bonds is 10. The quantitative estimate of drug-likeness (QED) is 0.293. The number of thioether (sulfide) groups is 1. The molecular formula is C25H28ClN5O2S. The number of carbonyl (C=O) groups is 2. The van der Waals surface area contributed by atoms with Gasteiger partial charge in [0.25, 0.3) is 5.91 Å². The lowest BCUT2D eigenvalue weighted by molar-refractivity contribution is -0.113. The zero-order valence-corrected chi connectivity index (χ0v) is 21.0.